The summed E-state index contributed by atoms with van der Waals surface area (Å²) in [5, 5.41) is 4.49. The first-order chi connectivity index (χ1) is 11.0. The second kappa shape index (κ2) is 8.92. The van der Waals surface area contributed by atoms with Crippen molar-refractivity contribution < 1.29 is 0 Å². The first-order valence-corrected chi connectivity index (χ1v) is 9.04. The number of nitrogens with zero attached hydrogens (tertiary/aromatic N) is 2. The molecule has 0 radical (unpaired) electrons. The van der Waals surface area contributed by atoms with Crippen molar-refractivity contribution in [3.63, 3.8) is 0 Å². The molecular weight excluding hydrogens is 458 g/mol. The number of aliphatic imine (C=N–C) groups is 1. The van der Waals surface area contributed by atoms with Gasteiger partial charge in [-0.1, -0.05) is 29.3 Å². The molecule has 2 unspecified atom stereocenters. The van der Waals surface area contributed by atoms with Gasteiger partial charge in [-0.25, -0.2) is 0 Å². The van der Waals surface area contributed by atoms with E-state index >= 15 is 0 Å². The maximum absolute atomic E-state index is 6.23. The molecule has 1 saturated heterocycles. The normalized spacial score (nSPS) is 23.0. The van der Waals surface area contributed by atoms with Crippen LogP contribution in [0.1, 0.15) is 37.8 Å². The van der Waals surface area contributed by atoms with Crippen LogP contribution in [0.15, 0.2) is 23.2 Å². The fraction of sp³-hybridized carbons (Fsp3) is 0.588. The van der Waals surface area contributed by atoms with E-state index in [1.807, 2.05) is 19.1 Å². The molecule has 3 rings (SSSR count). The van der Waals surface area contributed by atoms with Gasteiger partial charge in [-0.2, -0.15) is 0 Å². The van der Waals surface area contributed by atoms with Crippen molar-refractivity contribution in [2.75, 3.05) is 19.6 Å². The molecule has 0 aromatic heterocycles. The van der Waals surface area contributed by atoms with Gasteiger partial charge >= 0.3 is 0 Å². The molecule has 1 saturated carbocycles. The van der Waals surface area contributed by atoms with Gasteiger partial charge < -0.3 is 16.0 Å². The zero-order valence-electron chi connectivity index (χ0n) is 13.8. The van der Waals surface area contributed by atoms with Crippen LogP contribution in [0, 0.1) is 5.92 Å². The Morgan fingerprint density at radius 2 is 2.12 bits per heavy atom. The molecule has 0 bridgehead atoms. The Morgan fingerprint density at radius 1 is 1.38 bits per heavy atom. The van der Waals surface area contributed by atoms with E-state index in [4.69, 9.17) is 28.9 Å². The van der Waals surface area contributed by atoms with E-state index in [1.54, 1.807) is 6.07 Å². The Morgan fingerprint density at radius 3 is 2.79 bits per heavy atom. The minimum atomic E-state index is -0.00458. The third kappa shape index (κ3) is 5.38. The predicted molar refractivity (Wildman–Crippen MR) is 113 cm³/mol. The Bertz CT molecular complexity index is 592. The third-order valence-electron chi connectivity index (χ3n) is 4.69. The molecular formula is C17H25Cl2IN4. The molecule has 24 heavy (non-hydrogen) atoms. The summed E-state index contributed by atoms with van der Waals surface area (Å²) in [5.74, 6) is 1.11. The summed E-state index contributed by atoms with van der Waals surface area (Å²) in [5.41, 5.74) is 7.00. The van der Waals surface area contributed by atoms with Crippen LogP contribution in [0.3, 0.4) is 0 Å². The highest BCUT2D eigenvalue weighted by atomic mass is 127. The molecule has 134 valence electrons. The minimum absolute atomic E-state index is 0. The number of nitrogens with two attached hydrogens (primary N) is 1. The van der Waals surface area contributed by atoms with Crippen molar-refractivity contribution in [1.82, 2.24) is 10.2 Å². The molecule has 1 aromatic rings. The number of hydrogen-bond donors (Lipinski definition) is 2. The van der Waals surface area contributed by atoms with Crippen molar-refractivity contribution >= 4 is 53.1 Å². The van der Waals surface area contributed by atoms with Gasteiger partial charge in [0.15, 0.2) is 5.96 Å². The number of hydrogen-bond acceptors (Lipinski definition) is 2. The zero-order chi connectivity index (χ0) is 16.4. The Hall–Kier alpha value is -0.240. The fourth-order valence-electron chi connectivity index (χ4n) is 3.21. The van der Waals surface area contributed by atoms with Gasteiger partial charge in [-0.05, 0) is 56.3 Å². The highest BCUT2D eigenvalue weighted by molar-refractivity contribution is 14.0. The molecule has 7 heteroatoms. The zero-order valence-corrected chi connectivity index (χ0v) is 17.7. The molecule has 0 amide bonds. The molecule has 1 aromatic carbocycles. The maximum atomic E-state index is 6.23. The number of guanidine groups is 1. The maximum Gasteiger partial charge on any atom is 0.189 e. The van der Waals surface area contributed by atoms with Crippen molar-refractivity contribution in [1.29, 1.82) is 0 Å². The smallest absolute Gasteiger partial charge is 0.189 e. The summed E-state index contributed by atoms with van der Waals surface area (Å²) < 4.78 is 0. The lowest BCUT2D eigenvalue weighted by atomic mass is 10.1. The van der Waals surface area contributed by atoms with Gasteiger partial charge in [0.05, 0.1) is 6.04 Å². The summed E-state index contributed by atoms with van der Waals surface area (Å²) in [4.78, 5) is 7.12. The summed E-state index contributed by atoms with van der Waals surface area (Å²) >= 11 is 12.2. The van der Waals surface area contributed by atoms with E-state index in [0.29, 0.717) is 21.9 Å². The van der Waals surface area contributed by atoms with Crippen molar-refractivity contribution in [2.45, 2.75) is 38.3 Å². The van der Waals surface area contributed by atoms with Crippen molar-refractivity contribution in [3.8, 4) is 0 Å². The largest absolute Gasteiger partial charge is 0.370 e. The van der Waals surface area contributed by atoms with Gasteiger partial charge in [-0.3, -0.25) is 4.99 Å². The Balaban J connectivity index is 0.00000208. The molecule has 1 aliphatic heterocycles. The monoisotopic (exact) mass is 482 g/mol. The van der Waals surface area contributed by atoms with Gasteiger partial charge in [0.25, 0.3) is 0 Å². The quantitative estimate of drug-likeness (QED) is 0.378. The second-order valence-electron chi connectivity index (χ2n) is 6.64. The molecule has 2 aliphatic rings. The van der Waals surface area contributed by atoms with Gasteiger partial charge in [0.1, 0.15) is 0 Å². The third-order valence-corrected chi connectivity index (χ3v) is 5.26. The van der Waals surface area contributed by atoms with Crippen LogP contribution in [0.2, 0.25) is 10.0 Å². The van der Waals surface area contributed by atoms with Crippen LogP contribution < -0.4 is 11.1 Å². The highest BCUT2D eigenvalue weighted by Gasteiger charge is 2.34. The number of halogens is 3. The molecule has 3 N–H and O–H groups in total. The Kier molecular flexibility index (Phi) is 7.46. The predicted octanol–water partition coefficient (Wildman–Crippen LogP) is 4.06. The molecule has 2 atom stereocenters. The molecule has 4 nitrogen and oxygen atoms in total. The van der Waals surface area contributed by atoms with E-state index in [-0.39, 0.29) is 30.0 Å². The fourth-order valence-corrected chi connectivity index (χ4v) is 3.78. The van der Waals surface area contributed by atoms with Crippen LogP contribution in [-0.2, 0) is 0 Å². The highest BCUT2D eigenvalue weighted by Crippen LogP contribution is 2.31. The van der Waals surface area contributed by atoms with E-state index in [9.17, 15) is 0 Å². The number of benzene rings is 1. The van der Waals surface area contributed by atoms with Crippen molar-refractivity contribution in [2.24, 2.45) is 16.6 Å². The first-order valence-electron chi connectivity index (χ1n) is 8.28. The number of likely N-dealkylation sites (tertiary alicyclic amines) is 1. The SMILES string of the molecule is CC(NC(N)=NCC1CCN(C2CC2)C1)c1ccc(Cl)cc1Cl.I. The summed E-state index contributed by atoms with van der Waals surface area (Å²) in [6, 6.07) is 6.34. The summed E-state index contributed by atoms with van der Waals surface area (Å²) in [6.45, 7) is 5.19. The number of nitrogens with one attached hydrogen (secondary N) is 1. The van der Waals surface area contributed by atoms with Gasteiger partial charge in [0.2, 0.25) is 0 Å². The van der Waals surface area contributed by atoms with Crippen LogP contribution in [0.4, 0.5) is 0 Å². The Labute approximate surface area is 171 Å². The molecule has 0 spiro atoms. The standard InChI is InChI=1S/C17H24Cl2N4.HI/c1-11(15-5-2-13(18)8-16(15)19)22-17(20)21-9-12-6-7-23(10-12)14-3-4-14;/h2,5,8,11-12,14H,3-4,6-7,9-10H2,1H3,(H3,20,21,22);1H. The lowest BCUT2D eigenvalue weighted by molar-refractivity contribution is 0.315. The van der Waals surface area contributed by atoms with Gasteiger partial charge in [-0.15, -0.1) is 24.0 Å². The van der Waals surface area contributed by atoms with E-state index in [0.717, 1.165) is 18.2 Å². The van der Waals surface area contributed by atoms with E-state index in [1.165, 1.54) is 32.4 Å². The average molecular weight is 483 g/mol. The summed E-state index contributed by atoms with van der Waals surface area (Å²) in [6.07, 6.45) is 3.98. The lowest BCUT2D eigenvalue weighted by Gasteiger charge is -2.17. The molecule has 1 heterocycles. The summed E-state index contributed by atoms with van der Waals surface area (Å²) in [7, 11) is 0. The van der Waals surface area contributed by atoms with E-state index in [2.05, 4.69) is 15.2 Å². The van der Waals surface area contributed by atoms with Crippen molar-refractivity contribution in [3.05, 3.63) is 33.8 Å². The second-order valence-corrected chi connectivity index (χ2v) is 7.48. The van der Waals surface area contributed by atoms with Crippen LogP contribution in [0.5, 0.6) is 0 Å². The topological polar surface area (TPSA) is 53.6 Å². The van der Waals surface area contributed by atoms with Gasteiger partial charge in [0, 0.05) is 29.2 Å². The number of rotatable bonds is 5. The van der Waals surface area contributed by atoms with Crippen LogP contribution in [0.25, 0.3) is 0 Å². The minimum Gasteiger partial charge on any atom is -0.370 e. The van der Waals surface area contributed by atoms with Crippen LogP contribution >= 0.6 is 47.2 Å². The first kappa shape index (κ1) is 20.1. The van der Waals surface area contributed by atoms with E-state index < -0.39 is 0 Å². The van der Waals surface area contributed by atoms with Crippen LogP contribution in [-0.4, -0.2) is 36.5 Å². The lowest BCUT2D eigenvalue weighted by Crippen LogP contribution is -2.34. The molecule has 1 aliphatic carbocycles. The molecule has 2 fully saturated rings. The average Bonchev–Trinajstić information content (AvgIpc) is 3.24.